The highest BCUT2D eigenvalue weighted by atomic mass is 32.1. The standard InChI is InChI=1S/C20H21N3O2S/c1-11-4-5-12(2)15(8-11)22-19(24)16-13(3)26-18-17(16)21-10-23(20(18)25)9-14-6-7-14/h4-5,8,10,14H,6-7,9H2,1-3H3,(H,22,24). The van der Waals surface area contributed by atoms with Crippen molar-refractivity contribution in [3.63, 3.8) is 0 Å². The van der Waals surface area contributed by atoms with Gasteiger partial charge < -0.3 is 5.32 Å². The van der Waals surface area contributed by atoms with Gasteiger partial charge in [0.25, 0.3) is 11.5 Å². The van der Waals surface area contributed by atoms with Crippen molar-refractivity contribution in [2.24, 2.45) is 5.92 Å². The van der Waals surface area contributed by atoms with E-state index in [9.17, 15) is 9.59 Å². The fraction of sp³-hybridized carbons (Fsp3) is 0.350. The van der Waals surface area contributed by atoms with Crippen molar-refractivity contribution in [1.29, 1.82) is 0 Å². The molecular formula is C20H21N3O2S. The van der Waals surface area contributed by atoms with Crippen LogP contribution in [-0.2, 0) is 6.54 Å². The molecule has 1 aliphatic carbocycles. The molecule has 0 radical (unpaired) electrons. The zero-order valence-corrected chi connectivity index (χ0v) is 15.9. The summed E-state index contributed by atoms with van der Waals surface area (Å²) in [6.45, 7) is 6.55. The van der Waals surface area contributed by atoms with Gasteiger partial charge in [-0.3, -0.25) is 14.2 Å². The van der Waals surface area contributed by atoms with Crippen LogP contribution in [0, 0.1) is 26.7 Å². The van der Waals surface area contributed by atoms with Gasteiger partial charge in [0.05, 0.1) is 11.9 Å². The number of nitrogens with zero attached hydrogens (tertiary/aromatic N) is 2. The van der Waals surface area contributed by atoms with Crippen molar-refractivity contribution in [2.75, 3.05) is 5.32 Å². The van der Waals surface area contributed by atoms with E-state index in [1.165, 1.54) is 24.2 Å². The second-order valence-corrected chi connectivity index (χ2v) is 8.35. The summed E-state index contributed by atoms with van der Waals surface area (Å²) in [5, 5.41) is 2.98. The van der Waals surface area contributed by atoms with E-state index in [-0.39, 0.29) is 11.5 Å². The van der Waals surface area contributed by atoms with Crippen molar-refractivity contribution in [3.05, 3.63) is 56.4 Å². The van der Waals surface area contributed by atoms with E-state index in [2.05, 4.69) is 10.3 Å². The number of hydrogen-bond acceptors (Lipinski definition) is 4. The molecule has 6 heteroatoms. The summed E-state index contributed by atoms with van der Waals surface area (Å²) >= 11 is 1.36. The Kier molecular flexibility index (Phi) is 4.15. The van der Waals surface area contributed by atoms with Crippen LogP contribution in [0.4, 0.5) is 5.69 Å². The van der Waals surface area contributed by atoms with Crippen molar-refractivity contribution >= 4 is 33.1 Å². The fourth-order valence-electron chi connectivity index (χ4n) is 3.14. The monoisotopic (exact) mass is 367 g/mol. The van der Waals surface area contributed by atoms with Gasteiger partial charge in [-0.25, -0.2) is 4.98 Å². The molecule has 0 saturated heterocycles. The van der Waals surface area contributed by atoms with E-state index in [1.54, 1.807) is 10.9 Å². The van der Waals surface area contributed by atoms with Gasteiger partial charge in [-0.15, -0.1) is 11.3 Å². The number of carbonyl (C=O) groups excluding carboxylic acids is 1. The molecule has 2 aromatic heterocycles. The molecule has 0 aliphatic heterocycles. The first-order valence-electron chi connectivity index (χ1n) is 8.81. The van der Waals surface area contributed by atoms with Crippen LogP contribution >= 0.6 is 11.3 Å². The maximum atomic E-state index is 12.9. The smallest absolute Gasteiger partial charge is 0.271 e. The van der Waals surface area contributed by atoms with E-state index >= 15 is 0 Å². The van der Waals surface area contributed by atoms with Crippen LogP contribution in [0.1, 0.15) is 39.2 Å². The first kappa shape index (κ1) is 17.0. The van der Waals surface area contributed by atoms with E-state index in [1.807, 2.05) is 39.0 Å². The summed E-state index contributed by atoms with van der Waals surface area (Å²) in [6, 6.07) is 5.95. The molecular weight excluding hydrogens is 346 g/mol. The first-order chi connectivity index (χ1) is 12.4. The van der Waals surface area contributed by atoms with Gasteiger partial charge in [0, 0.05) is 17.1 Å². The topological polar surface area (TPSA) is 64.0 Å². The van der Waals surface area contributed by atoms with Crippen LogP contribution in [0.3, 0.4) is 0 Å². The number of anilines is 1. The minimum atomic E-state index is -0.214. The predicted molar refractivity (Wildman–Crippen MR) is 105 cm³/mol. The van der Waals surface area contributed by atoms with Gasteiger partial charge >= 0.3 is 0 Å². The van der Waals surface area contributed by atoms with Gasteiger partial charge in [-0.1, -0.05) is 12.1 Å². The number of carbonyl (C=O) groups is 1. The van der Waals surface area contributed by atoms with Gasteiger partial charge in [0.15, 0.2) is 0 Å². The SMILES string of the molecule is Cc1ccc(C)c(NC(=O)c2c(C)sc3c(=O)n(CC4CC4)cnc23)c1. The number of thiophene rings is 1. The van der Waals surface area contributed by atoms with Crippen LogP contribution in [0.15, 0.2) is 29.3 Å². The van der Waals surface area contributed by atoms with E-state index < -0.39 is 0 Å². The Balaban J connectivity index is 1.72. The van der Waals surface area contributed by atoms with Crippen molar-refractivity contribution < 1.29 is 4.79 Å². The van der Waals surface area contributed by atoms with E-state index in [0.29, 0.717) is 21.7 Å². The molecule has 4 rings (SSSR count). The summed E-state index contributed by atoms with van der Waals surface area (Å²) in [5.41, 5.74) is 3.84. The van der Waals surface area contributed by atoms with Crippen LogP contribution in [0.25, 0.3) is 10.2 Å². The fourth-order valence-corrected chi connectivity index (χ4v) is 4.20. The molecule has 1 fully saturated rings. The Hall–Kier alpha value is -2.47. The van der Waals surface area contributed by atoms with Crippen LogP contribution < -0.4 is 10.9 Å². The number of nitrogens with one attached hydrogen (secondary N) is 1. The van der Waals surface area contributed by atoms with Gasteiger partial charge in [-0.2, -0.15) is 0 Å². The van der Waals surface area contributed by atoms with Crippen LogP contribution in [0.2, 0.25) is 0 Å². The highest BCUT2D eigenvalue weighted by molar-refractivity contribution is 7.19. The summed E-state index contributed by atoms with van der Waals surface area (Å²) in [4.78, 5) is 30.9. The van der Waals surface area contributed by atoms with Gasteiger partial charge in [-0.05, 0) is 56.7 Å². The molecule has 3 aromatic rings. The Morgan fingerprint density at radius 1 is 1.31 bits per heavy atom. The number of aromatic nitrogens is 2. The number of amides is 1. The summed E-state index contributed by atoms with van der Waals surface area (Å²) < 4.78 is 2.25. The zero-order chi connectivity index (χ0) is 18.4. The third-order valence-electron chi connectivity index (χ3n) is 4.86. The summed E-state index contributed by atoms with van der Waals surface area (Å²) in [7, 11) is 0. The number of rotatable bonds is 4. The molecule has 1 amide bonds. The molecule has 134 valence electrons. The van der Waals surface area contributed by atoms with Crippen LogP contribution in [-0.4, -0.2) is 15.5 Å². The molecule has 1 aromatic carbocycles. The Bertz CT molecular complexity index is 1080. The first-order valence-corrected chi connectivity index (χ1v) is 9.63. The molecule has 1 aliphatic rings. The average molecular weight is 367 g/mol. The maximum Gasteiger partial charge on any atom is 0.271 e. The lowest BCUT2D eigenvalue weighted by Gasteiger charge is -2.09. The molecule has 0 atom stereocenters. The summed E-state index contributed by atoms with van der Waals surface area (Å²) in [5.74, 6) is 0.384. The van der Waals surface area contributed by atoms with Gasteiger partial charge in [0.1, 0.15) is 10.2 Å². The second kappa shape index (κ2) is 6.36. The molecule has 2 heterocycles. The maximum absolute atomic E-state index is 12.9. The number of aryl methyl sites for hydroxylation is 3. The number of hydrogen-bond donors (Lipinski definition) is 1. The third-order valence-corrected chi connectivity index (χ3v) is 5.94. The minimum absolute atomic E-state index is 0.0409. The van der Waals surface area contributed by atoms with Gasteiger partial charge in [0.2, 0.25) is 0 Å². The van der Waals surface area contributed by atoms with E-state index in [4.69, 9.17) is 0 Å². The number of fused-ring (bicyclic) bond motifs is 1. The minimum Gasteiger partial charge on any atom is -0.322 e. The molecule has 26 heavy (non-hydrogen) atoms. The highest BCUT2D eigenvalue weighted by Gasteiger charge is 2.25. The Morgan fingerprint density at radius 2 is 2.08 bits per heavy atom. The molecule has 5 nitrogen and oxygen atoms in total. The van der Waals surface area contributed by atoms with Crippen molar-refractivity contribution in [3.8, 4) is 0 Å². The average Bonchev–Trinajstić information content (AvgIpc) is 3.34. The van der Waals surface area contributed by atoms with Crippen LogP contribution in [0.5, 0.6) is 0 Å². The molecule has 0 spiro atoms. The molecule has 0 bridgehead atoms. The quantitative estimate of drug-likeness (QED) is 0.757. The van der Waals surface area contributed by atoms with E-state index in [0.717, 1.165) is 28.2 Å². The predicted octanol–water partition coefficient (Wildman–Crippen LogP) is 4.05. The summed E-state index contributed by atoms with van der Waals surface area (Å²) in [6.07, 6.45) is 3.94. The molecule has 1 N–H and O–H groups in total. The Morgan fingerprint density at radius 3 is 2.81 bits per heavy atom. The number of benzene rings is 1. The third kappa shape index (κ3) is 3.05. The lowest BCUT2D eigenvalue weighted by atomic mass is 10.1. The molecule has 1 saturated carbocycles. The zero-order valence-electron chi connectivity index (χ0n) is 15.1. The van der Waals surface area contributed by atoms with Crippen molar-refractivity contribution in [2.45, 2.75) is 40.2 Å². The van der Waals surface area contributed by atoms with Crippen molar-refractivity contribution in [1.82, 2.24) is 9.55 Å². The second-order valence-electron chi connectivity index (χ2n) is 7.13. The normalized spacial score (nSPS) is 14.0. The molecule has 0 unspecified atom stereocenters. The lowest BCUT2D eigenvalue weighted by Crippen LogP contribution is -2.21. The Labute approximate surface area is 155 Å². The largest absolute Gasteiger partial charge is 0.322 e. The highest BCUT2D eigenvalue weighted by Crippen LogP contribution is 2.31. The lowest BCUT2D eigenvalue weighted by molar-refractivity contribution is 0.102.